The summed E-state index contributed by atoms with van der Waals surface area (Å²) >= 11 is 6.84. The van der Waals surface area contributed by atoms with E-state index >= 15 is 0 Å². The number of anilines is 1. The van der Waals surface area contributed by atoms with Crippen molar-refractivity contribution in [2.45, 2.75) is 17.0 Å². The van der Waals surface area contributed by atoms with Crippen LogP contribution in [-0.2, 0) is 25.6 Å². The lowest BCUT2D eigenvalue weighted by atomic mass is 10.2. The van der Waals surface area contributed by atoms with E-state index in [1.54, 1.807) is 0 Å². The Balaban J connectivity index is 1.89. The number of aromatic nitrogens is 1. The van der Waals surface area contributed by atoms with Gasteiger partial charge in [-0.2, -0.15) is 0 Å². The molecule has 0 atom stereocenters. The largest absolute Gasteiger partial charge is 0.283 e. The summed E-state index contributed by atoms with van der Waals surface area (Å²) < 4.78 is 65.3. The summed E-state index contributed by atoms with van der Waals surface area (Å²) in [6.45, 7) is 1.52. The van der Waals surface area contributed by atoms with Gasteiger partial charge < -0.3 is 0 Å². The Kier molecular flexibility index (Phi) is 5.44. The number of thiazole rings is 1. The van der Waals surface area contributed by atoms with E-state index in [0.29, 0.717) is 10.2 Å². The van der Waals surface area contributed by atoms with E-state index in [1.165, 1.54) is 37.3 Å². The topological polar surface area (TPSA) is 93.2 Å². The van der Waals surface area contributed by atoms with Crippen LogP contribution in [0.4, 0.5) is 10.1 Å². The molecule has 3 rings (SSSR count). The quantitative estimate of drug-likeness (QED) is 0.618. The third-order valence-electron chi connectivity index (χ3n) is 3.68. The van der Waals surface area contributed by atoms with Gasteiger partial charge in [0.2, 0.25) is 24.2 Å². The van der Waals surface area contributed by atoms with Crippen molar-refractivity contribution in [3.8, 4) is 0 Å². The average molecular weight is 449 g/mol. The molecule has 1 N–H and O–H groups in total. The van der Waals surface area contributed by atoms with E-state index in [-0.39, 0.29) is 26.4 Å². The second-order valence-electron chi connectivity index (χ2n) is 5.63. The molecule has 144 valence electrons. The van der Waals surface area contributed by atoms with Gasteiger partial charge in [-0.1, -0.05) is 24.6 Å². The number of hydrogen-bond acceptors (Lipinski definition) is 6. The Labute approximate surface area is 165 Å². The molecule has 0 saturated heterocycles. The molecule has 2 aromatic carbocycles. The maximum Gasteiger partial charge on any atom is 0.237 e. The molecular weight excluding hydrogens is 435 g/mol. The van der Waals surface area contributed by atoms with Crippen molar-refractivity contribution < 1.29 is 21.2 Å². The number of fused-ring (bicyclic) bond motifs is 1. The zero-order valence-corrected chi connectivity index (χ0v) is 17.1. The van der Waals surface area contributed by atoms with Gasteiger partial charge in [0.25, 0.3) is 0 Å². The van der Waals surface area contributed by atoms with Gasteiger partial charge in [0.15, 0.2) is 0 Å². The minimum absolute atomic E-state index is 0.0156. The highest BCUT2D eigenvalue weighted by molar-refractivity contribution is 7.93. The lowest BCUT2D eigenvalue weighted by Gasteiger charge is -2.10. The molecule has 0 aliphatic heterocycles. The van der Waals surface area contributed by atoms with Crippen LogP contribution in [0.2, 0.25) is 5.02 Å². The molecule has 3 aromatic rings. The summed E-state index contributed by atoms with van der Waals surface area (Å²) in [4.78, 5) is 4.07. The molecule has 0 spiro atoms. The Bertz CT molecular complexity index is 1200. The number of nitrogens with one attached hydrogen (secondary N) is 1. The SMILES string of the molecule is CCS(=O)(=O)c1nc2ccc(NS(=O)(=O)Cc3c(F)cccc3Cl)cc2s1. The normalized spacial score (nSPS) is 12.4. The number of sulfonamides is 1. The van der Waals surface area contributed by atoms with Crippen molar-refractivity contribution >= 4 is 58.7 Å². The number of hydrogen-bond donors (Lipinski definition) is 1. The molecule has 0 aliphatic carbocycles. The summed E-state index contributed by atoms with van der Waals surface area (Å²) in [7, 11) is -7.38. The molecule has 27 heavy (non-hydrogen) atoms. The summed E-state index contributed by atoms with van der Waals surface area (Å²) in [5.41, 5.74) is 0.549. The summed E-state index contributed by atoms with van der Waals surface area (Å²) in [5.74, 6) is -1.41. The molecule has 0 aliphatic rings. The molecule has 0 saturated carbocycles. The Hall–Kier alpha value is -1.75. The first-order valence-electron chi connectivity index (χ1n) is 7.68. The minimum Gasteiger partial charge on any atom is -0.283 e. The first-order valence-corrected chi connectivity index (χ1v) is 12.2. The predicted molar refractivity (Wildman–Crippen MR) is 105 cm³/mol. The standard InChI is InChI=1S/C16H14ClFN2O4S3/c1-2-26(21,22)16-19-14-7-6-10(8-15(14)25-16)20-27(23,24)9-11-12(17)4-3-5-13(11)18/h3-8,20H,2,9H2,1H3. The van der Waals surface area contributed by atoms with E-state index in [0.717, 1.165) is 17.4 Å². The Morgan fingerprint density at radius 2 is 1.93 bits per heavy atom. The van der Waals surface area contributed by atoms with E-state index in [9.17, 15) is 21.2 Å². The Morgan fingerprint density at radius 3 is 2.59 bits per heavy atom. The lowest BCUT2D eigenvalue weighted by molar-refractivity contribution is 0.591. The number of benzene rings is 2. The third kappa shape index (κ3) is 4.40. The molecule has 0 bridgehead atoms. The highest BCUT2D eigenvalue weighted by atomic mass is 35.5. The van der Waals surface area contributed by atoms with Crippen LogP contribution in [0.15, 0.2) is 40.7 Å². The number of rotatable bonds is 6. The maximum absolute atomic E-state index is 13.8. The maximum atomic E-state index is 13.8. The first-order chi connectivity index (χ1) is 12.6. The van der Waals surface area contributed by atoms with Crippen LogP contribution in [0.5, 0.6) is 0 Å². The molecule has 0 radical (unpaired) electrons. The van der Waals surface area contributed by atoms with Crippen LogP contribution < -0.4 is 4.72 Å². The van der Waals surface area contributed by atoms with Crippen LogP contribution in [0.1, 0.15) is 12.5 Å². The molecule has 1 heterocycles. The van der Waals surface area contributed by atoms with Gasteiger partial charge in [-0.3, -0.25) is 4.72 Å². The van der Waals surface area contributed by atoms with Crippen molar-refractivity contribution in [2.75, 3.05) is 10.5 Å². The van der Waals surface area contributed by atoms with E-state index in [1.807, 2.05) is 0 Å². The molecule has 11 heteroatoms. The summed E-state index contributed by atoms with van der Waals surface area (Å²) in [6, 6.07) is 8.41. The lowest BCUT2D eigenvalue weighted by Crippen LogP contribution is -2.16. The van der Waals surface area contributed by atoms with Crippen molar-refractivity contribution in [3.63, 3.8) is 0 Å². The highest BCUT2D eigenvalue weighted by Crippen LogP contribution is 2.29. The van der Waals surface area contributed by atoms with Gasteiger partial charge in [0.05, 0.1) is 27.4 Å². The van der Waals surface area contributed by atoms with Crippen LogP contribution in [0, 0.1) is 5.82 Å². The molecule has 0 unspecified atom stereocenters. The Morgan fingerprint density at radius 1 is 1.19 bits per heavy atom. The summed E-state index contributed by atoms with van der Waals surface area (Å²) in [5, 5.41) is 0.0210. The zero-order chi connectivity index (χ0) is 19.8. The zero-order valence-electron chi connectivity index (χ0n) is 13.9. The second-order valence-corrected chi connectivity index (χ2v) is 11.2. The van der Waals surface area contributed by atoms with Crippen molar-refractivity contribution in [2.24, 2.45) is 0 Å². The van der Waals surface area contributed by atoms with E-state index in [4.69, 9.17) is 11.6 Å². The van der Waals surface area contributed by atoms with Crippen molar-refractivity contribution in [3.05, 3.63) is 52.8 Å². The van der Waals surface area contributed by atoms with E-state index < -0.39 is 31.4 Å². The fraction of sp³-hybridized carbons (Fsp3) is 0.188. The minimum atomic E-state index is -3.94. The van der Waals surface area contributed by atoms with Crippen LogP contribution >= 0.6 is 22.9 Å². The van der Waals surface area contributed by atoms with Gasteiger partial charge in [-0.05, 0) is 30.3 Å². The molecular formula is C16H14ClFN2O4S3. The van der Waals surface area contributed by atoms with Crippen molar-refractivity contribution in [1.82, 2.24) is 4.98 Å². The number of nitrogens with zero attached hydrogens (tertiary/aromatic N) is 1. The van der Waals surface area contributed by atoms with Gasteiger partial charge in [0.1, 0.15) is 5.82 Å². The van der Waals surface area contributed by atoms with Gasteiger partial charge in [-0.25, -0.2) is 26.2 Å². The van der Waals surface area contributed by atoms with Crippen LogP contribution in [0.25, 0.3) is 10.2 Å². The monoisotopic (exact) mass is 448 g/mol. The smallest absolute Gasteiger partial charge is 0.237 e. The number of halogens is 2. The average Bonchev–Trinajstić information content (AvgIpc) is 3.02. The van der Waals surface area contributed by atoms with Crippen molar-refractivity contribution in [1.29, 1.82) is 0 Å². The fourth-order valence-corrected chi connectivity index (χ4v) is 6.19. The van der Waals surface area contributed by atoms with Gasteiger partial charge in [-0.15, -0.1) is 11.3 Å². The van der Waals surface area contributed by atoms with Gasteiger partial charge in [0, 0.05) is 10.6 Å². The molecule has 0 amide bonds. The molecule has 1 aromatic heterocycles. The first kappa shape index (κ1) is 20.0. The van der Waals surface area contributed by atoms with Crippen LogP contribution in [0.3, 0.4) is 0 Å². The molecule has 0 fully saturated rings. The third-order valence-corrected chi connectivity index (χ3v) is 8.46. The highest BCUT2D eigenvalue weighted by Gasteiger charge is 2.20. The summed E-state index contributed by atoms with van der Waals surface area (Å²) in [6.07, 6.45) is 0. The fourth-order valence-electron chi connectivity index (χ4n) is 2.30. The molecule has 6 nitrogen and oxygen atoms in total. The second kappa shape index (κ2) is 7.34. The van der Waals surface area contributed by atoms with Crippen LogP contribution in [-0.4, -0.2) is 27.6 Å². The van der Waals surface area contributed by atoms with E-state index in [2.05, 4.69) is 9.71 Å². The number of sulfone groups is 1. The predicted octanol–water partition coefficient (Wildman–Crippen LogP) is 3.82. The van der Waals surface area contributed by atoms with Gasteiger partial charge >= 0.3 is 0 Å².